The van der Waals surface area contributed by atoms with Gasteiger partial charge in [0.15, 0.2) is 0 Å². The normalized spacial score (nSPS) is 17.0. The summed E-state index contributed by atoms with van der Waals surface area (Å²) in [6, 6.07) is 3.37. The molecule has 1 fully saturated rings. The maximum absolute atomic E-state index is 12.4. The number of hydrogen-bond acceptors (Lipinski definition) is 4. The Bertz CT molecular complexity index is 528. The van der Waals surface area contributed by atoms with Crippen molar-refractivity contribution in [2.24, 2.45) is 5.92 Å². The maximum Gasteiger partial charge on any atom is 0.401 e. The van der Waals surface area contributed by atoms with Crippen molar-refractivity contribution >= 4 is 11.7 Å². The molecule has 0 unspecified atom stereocenters. The number of piperidine rings is 1. The molecule has 1 aliphatic rings. The maximum atomic E-state index is 12.4. The summed E-state index contributed by atoms with van der Waals surface area (Å²) in [5.74, 6) is 0.559. The first-order valence-electron chi connectivity index (χ1n) is 7.59. The first-order chi connectivity index (χ1) is 10.9. The van der Waals surface area contributed by atoms with Crippen LogP contribution in [0.4, 0.5) is 19.0 Å². The first-order valence-corrected chi connectivity index (χ1v) is 7.59. The first kappa shape index (κ1) is 17.5. The van der Waals surface area contributed by atoms with Crippen molar-refractivity contribution < 1.29 is 18.0 Å². The van der Waals surface area contributed by atoms with Gasteiger partial charge in [0.2, 0.25) is 0 Å². The largest absolute Gasteiger partial charge is 0.401 e. The second-order valence-corrected chi connectivity index (χ2v) is 5.69. The van der Waals surface area contributed by atoms with Crippen LogP contribution in [0.15, 0.2) is 18.3 Å². The Kier molecular flexibility index (Phi) is 5.81. The zero-order valence-corrected chi connectivity index (χ0v) is 13.0. The van der Waals surface area contributed by atoms with E-state index in [1.807, 2.05) is 0 Å². The van der Waals surface area contributed by atoms with Gasteiger partial charge in [-0.1, -0.05) is 0 Å². The molecule has 1 amide bonds. The van der Waals surface area contributed by atoms with Gasteiger partial charge in [0.05, 0.1) is 12.1 Å². The SMILES string of the molecule is CNC(=O)c1cccnc1NCC1CCN(CC(F)(F)F)CC1. The van der Waals surface area contributed by atoms with Gasteiger partial charge < -0.3 is 10.6 Å². The van der Waals surface area contributed by atoms with Crippen molar-refractivity contribution in [3.8, 4) is 0 Å². The Morgan fingerprint density at radius 2 is 2.09 bits per heavy atom. The summed E-state index contributed by atoms with van der Waals surface area (Å²) in [5, 5.41) is 5.70. The van der Waals surface area contributed by atoms with E-state index in [9.17, 15) is 18.0 Å². The number of aromatic nitrogens is 1. The van der Waals surface area contributed by atoms with Crippen LogP contribution in [0, 0.1) is 5.92 Å². The number of hydrogen-bond donors (Lipinski definition) is 2. The van der Waals surface area contributed by atoms with Gasteiger partial charge in [0.1, 0.15) is 5.82 Å². The van der Waals surface area contributed by atoms with Gasteiger partial charge in [0, 0.05) is 19.8 Å². The summed E-state index contributed by atoms with van der Waals surface area (Å²) < 4.78 is 37.1. The average molecular weight is 330 g/mol. The van der Waals surface area contributed by atoms with Crippen molar-refractivity contribution in [2.45, 2.75) is 19.0 Å². The van der Waals surface area contributed by atoms with Crippen LogP contribution in [-0.2, 0) is 0 Å². The van der Waals surface area contributed by atoms with E-state index in [0.29, 0.717) is 43.9 Å². The van der Waals surface area contributed by atoms with Gasteiger partial charge in [-0.15, -0.1) is 0 Å². The van der Waals surface area contributed by atoms with Crippen LogP contribution in [0.1, 0.15) is 23.2 Å². The zero-order chi connectivity index (χ0) is 16.9. The molecular formula is C15H21F3N4O. The van der Waals surface area contributed by atoms with E-state index in [4.69, 9.17) is 0 Å². The Morgan fingerprint density at radius 1 is 1.39 bits per heavy atom. The third-order valence-electron chi connectivity index (χ3n) is 3.95. The van der Waals surface area contributed by atoms with E-state index in [-0.39, 0.29) is 11.8 Å². The van der Waals surface area contributed by atoms with Crippen LogP contribution < -0.4 is 10.6 Å². The van der Waals surface area contributed by atoms with Gasteiger partial charge in [-0.2, -0.15) is 13.2 Å². The molecule has 0 atom stereocenters. The minimum absolute atomic E-state index is 0.222. The standard InChI is InChI=1S/C15H21F3N4O/c1-19-14(23)12-3-2-6-20-13(12)21-9-11-4-7-22(8-5-11)10-15(16,17)18/h2-3,6,11H,4-5,7-10H2,1H3,(H,19,23)(H,20,21). The molecule has 1 aromatic heterocycles. The minimum Gasteiger partial charge on any atom is -0.369 e. The van der Waals surface area contributed by atoms with Crippen molar-refractivity contribution in [1.29, 1.82) is 0 Å². The number of alkyl halides is 3. The number of likely N-dealkylation sites (tertiary alicyclic amines) is 1. The lowest BCUT2D eigenvalue weighted by atomic mass is 9.96. The van der Waals surface area contributed by atoms with Gasteiger partial charge in [-0.05, 0) is 44.0 Å². The highest BCUT2D eigenvalue weighted by molar-refractivity contribution is 5.98. The van der Waals surface area contributed by atoms with Gasteiger partial charge >= 0.3 is 6.18 Å². The zero-order valence-electron chi connectivity index (χ0n) is 13.0. The van der Waals surface area contributed by atoms with Crippen LogP contribution in [0.5, 0.6) is 0 Å². The third-order valence-corrected chi connectivity index (χ3v) is 3.95. The van der Waals surface area contributed by atoms with E-state index in [1.165, 1.54) is 4.90 Å². The van der Waals surface area contributed by atoms with E-state index < -0.39 is 12.7 Å². The molecule has 1 aromatic rings. The number of rotatable bonds is 5. The highest BCUT2D eigenvalue weighted by Gasteiger charge is 2.32. The van der Waals surface area contributed by atoms with Crippen LogP contribution >= 0.6 is 0 Å². The van der Waals surface area contributed by atoms with E-state index in [0.717, 1.165) is 0 Å². The van der Waals surface area contributed by atoms with E-state index >= 15 is 0 Å². The van der Waals surface area contributed by atoms with E-state index in [2.05, 4.69) is 15.6 Å². The monoisotopic (exact) mass is 330 g/mol. The molecular weight excluding hydrogens is 309 g/mol. The van der Waals surface area contributed by atoms with Crippen molar-refractivity contribution in [2.75, 3.05) is 38.5 Å². The molecule has 2 rings (SSSR count). The predicted molar refractivity (Wildman–Crippen MR) is 81.3 cm³/mol. The molecule has 0 saturated carbocycles. The van der Waals surface area contributed by atoms with Crippen molar-refractivity contribution in [1.82, 2.24) is 15.2 Å². The number of nitrogens with zero attached hydrogens (tertiary/aromatic N) is 2. The van der Waals surface area contributed by atoms with Crippen LogP contribution in [0.2, 0.25) is 0 Å². The fourth-order valence-corrected chi connectivity index (χ4v) is 2.71. The van der Waals surface area contributed by atoms with Crippen LogP contribution in [-0.4, -0.2) is 55.2 Å². The molecule has 1 aliphatic heterocycles. The number of carbonyl (C=O) groups excluding carboxylic acids is 1. The summed E-state index contributed by atoms with van der Waals surface area (Å²) in [5.41, 5.74) is 0.463. The van der Waals surface area contributed by atoms with Gasteiger partial charge in [-0.3, -0.25) is 9.69 Å². The van der Waals surface area contributed by atoms with Crippen LogP contribution in [0.3, 0.4) is 0 Å². The smallest absolute Gasteiger partial charge is 0.369 e. The fraction of sp³-hybridized carbons (Fsp3) is 0.600. The van der Waals surface area contributed by atoms with Gasteiger partial charge in [0.25, 0.3) is 5.91 Å². The molecule has 2 heterocycles. The summed E-state index contributed by atoms with van der Waals surface area (Å²) in [7, 11) is 1.55. The second kappa shape index (κ2) is 7.63. The third kappa shape index (κ3) is 5.38. The lowest BCUT2D eigenvalue weighted by molar-refractivity contribution is -0.148. The summed E-state index contributed by atoms with van der Waals surface area (Å²) >= 11 is 0. The molecule has 0 radical (unpaired) electrons. The molecule has 23 heavy (non-hydrogen) atoms. The average Bonchev–Trinajstić information content (AvgIpc) is 2.52. The molecule has 128 valence electrons. The quantitative estimate of drug-likeness (QED) is 0.868. The Hall–Kier alpha value is -1.83. The minimum atomic E-state index is -4.14. The number of amides is 1. The Morgan fingerprint density at radius 3 is 2.70 bits per heavy atom. The molecule has 2 N–H and O–H groups in total. The van der Waals surface area contributed by atoms with Crippen molar-refractivity contribution in [3.05, 3.63) is 23.9 Å². The highest BCUT2D eigenvalue weighted by Crippen LogP contribution is 2.23. The summed E-state index contributed by atoms with van der Waals surface area (Å²) in [6.45, 7) is 0.641. The lowest BCUT2D eigenvalue weighted by Crippen LogP contribution is -2.41. The molecule has 5 nitrogen and oxygen atoms in total. The molecule has 0 aliphatic carbocycles. The van der Waals surface area contributed by atoms with E-state index in [1.54, 1.807) is 25.4 Å². The lowest BCUT2D eigenvalue weighted by Gasteiger charge is -2.32. The fourth-order valence-electron chi connectivity index (χ4n) is 2.71. The number of anilines is 1. The molecule has 0 spiro atoms. The molecule has 0 bridgehead atoms. The highest BCUT2D eigenvalue weighted by atomic mass is 19.4. The number of halogens is 3. The topological polar surface area (TPSA) is 57.3 Å². The predicted octanol–water partition coefficient (Wildman–Crippen LogP) is 2.13. The Labute approximate surface area is 133 Å². The number of pyridine rings is 1. The number of carbonyl (C=O) groups is 1. The summed E-state index contributed by atoms with van der Waals surface area (Å²) in [4.78, 5) is 17.4. The van der Waals surface area contributed by atoms with Crippen molar-refractivity contribution in [3.63, 3.8) is 0 Å². The number of nitrogens with one attached hydrogen (secondary N) is 2. The summed E-state index contributed by atoms with van der Waals surface area (Å²) in [6.07, 6.45) is -1.14. The Balaban J connectivity index is 1.83. The van der Waals surface area contributed by atoms with Gasteiger partial charge in [-0.25, -0.2) is 4.98 Å². The van der Waals surface area contributed by atoms with Crippen LogP contribution in [0.25, 0.3) is 0 Å². The second-order valence-electron chi connectivity index (χ2n) is 5.69. The molecule has 8 heteroatoms. The molecule has 0 aromatic carbocycles. The molecule has 1 saturated heterocycles.